The number of imide groups is 1. The molecule has 1 aromatic carbocycles. The second kappa shape index (κ2) is 5.83. The average Bonchev–Trinajstić information content (AvgIpc) is 2.79. The maximum absolute atomic E-state index is 12.7. The van der Waals surface area contributed by atoms with Gasteiger partial charge < -0.3 is 4.90 Å². The van der Waals surface area contributed by atoms with Crippen LogP contribution in [0.5, 0.6) is 0 Å². The molecule has 2 aliphatic heterocycles. The summed E-state index contributed by atoms with van der Waals surface area (Å²) in [7, 11) is 0. The van der Waals surface area contributed by atoms with Crippen molar-refractivity contribution in [2.45, 2.75) is 32.7 Å². The Morgan fingerprint density at radius 2 is 1.60 bits per heavy atom. The molecule has 0 bridgehead atoms. The SMILES string of the molecule is Cc1ccc(C(=O)N2CC(N3C(=O)C4CC=CCC4C3=O)C2)c(C)c1. The fourth-order valence-corrected chi connectivity index (χ4v) is 4.19. The van der Waals surface area contributed by atoms with Gasteiger partial charge in [-0.05, 0) is 38.3 Å². The molecule has 5 heteroatoms. The van der Waals surface area contributed by atoms with E-state index in [9.17, 15) is 14.4 Å². The summed E-state index contributed by atoms with van der Waals surface area (Å²) in [6, 6.07) is 5.62. The van der Waals surface area contributed by atoms with Crippen LogP contribution >= 0.6 is 0 Å². The summed E-state index contributed by atoms with van der Waals surface area (Å²) in [5.41, 5.74) is 2.78. The van der Waals surface area contributed by atoms with Gasteiger partial charge >= 0.3 is 0 Å². The molecule has 4 rings (SSSR count). The van der Waals surface area contributed by atoms with Crippen molar-refractivity contribution in [3.8, 4) is 0 Å². The minimum Gasteiger partial charge on any atom is -0.334 e. The molecule has 2 unspecified atom stereocenters. The fraction of sp³-hybridized carbons (Fsp3) is 0.450. The Labute approximate surface area is 147 Å². The third kappa shape index (κ3) is 2.49. The number of amides is 3. The number of carbonyl (C=O) groups excluding carboxylic acids is 3. The van der Waals surface area contributed by atoms with Gasteiger partial charge in [-0.15, -0.1) is 0 Å². The number of hydrogen-bond acceptors (Lipinski definition) is 3. The van der Waals surface area contributed by atoms with Gasteiger partial charge in [0.2, 0.25) is 11.8 Å². The molecule has 0 aromatic heterocycles. The van der Waals surface area contributed by atoms with Crippen molar-refractivity contribution >= 4 is 17.7 Å². The highest BCUT2D eigenvalue weighted by atomic mass is 16.2. The van der Waals surface area contributed by atoms with E-state index in [4.69, 9.17) is 0 Å². The van der Waals surface area contributed by atoms with Crippen molar-refractivity contribution in [1.82, 2.24) is 9.80 Å². The molecule has 130 valence electrons. The van der Waals surface area contributed by atoms with Crippen LogP contribution in [-0.2, 0) is 9.59 Å². The van der Waals surface area contributed by atoms with E-state index in [1.165, 1.54) is 4.90 Å². The summed E-state index contributed by atoms with van der Waals surface area (Å²) in [5.74, 6) is -0.513. The van der Waals surface area contributed by atoms with Crippen LogP contribution in [0, 0.1) is 25.7 Å². The van der Waals surface area contributed by atoms with Crippen LogP contribution in [0.3, 0.4) is 0 Å². The Morgan fingerprint density at radius 3 is 2.16 bits per heavy atom. The molecule has 1 aromatic rings. The van der Waals surface area contributed by atoms with E-state index in [-0.39, 0.29) is 35.6 Å². The summed E-state index contributed by atoms with van der Waals surface area (Å²) in [6.07, 6.45) is 5.30. The standard InChI is InChI=1S/C20H22N2O3/c1-12-7-8-15(13(2)9-12)18(23)21-10-14(11-21)22-19(24)16-5-3-4-6-17(16)20(22)25/h3-4,7-9,14,16-17H,5-6,10-11H2,1-2H3. The lowest BCUT2D eigenvalue weighted by Gasteiger charge is -2.43. The maximum atomic E-state index is 12.7. The lowest BCUT2D eigenvalue weighted by Crippen LogP contribution is -2.62. The van der Waals surface area contributed by atoms with Gasteiger partial charge in [-0.2, -0.15) is 0 Å². The average molecular weight is 338 g/mol. The van der Waals surface area contributed by atoms with E-state index in [0.29, 0.717) is 31.5 Å². The van der Waals surface area contributed by atoms with Gasteiger partial charge in [0.15, 0.2) is 0 Å². The van der Waals surface area contributed by atoms with E-state index in [2.05, 4.69) is 0 Å². The van der Waals surface area contributed by atoms with E-state index < -0.39 is 0 Å². The van der Waals surface area contributed by atoms with Crippen molar-refractivity contribution in [1.29, 1.82) is 0 Å². The minimum atomic E-state index is -0.193. The first-order valence-corrected chi connectivity index (χ1v) is 8.86. The van der Waals surface area contributed by atoms with Gasteiger partial charge in [0.25, 0.3) is 5.91 Å². The molecular formula is C20H22N2O3. The van der Waals surface area contributed by atoms with E-state index in [1.54, 1.807) is 4.90 Å². The fourth-order valence-electron chi connectivity index (χ4n) is 4.19. The van der Waals surface area contributed by atoms with Crippen LogP contribution < -0.4 is 0 Å². The summed E-state index contributed by atoms with van der Waals surface area (Å²) in [6.45, 7) is 4.82. The topological polar surface area (TPSA) is 57.7 Å². The molecule has 0 spiro atoms. The van der Waals surface area contributed by atoms with Crippen LogP contribution in [0.2, 0.25) is 0 Å². The summed E-state index contributed by atoms with van der Waals surface area (Å²) in [5, 5.41) is 0. The molecule has 0 radical (unpaired) electrons. The lowest BCUT2D eigenvalue weighted by atomic mass is 9.85. The molecule has 2 heterocycles. The first-order valence-electron chi connectivity index (χ1n) is 8.86. The highest BCUT2D eigenvalue weighted by Gasteiger charge is 2.52. The normalized spacial score (nSPS) is 26.0. The Hall–Kier alpha value is -2.43. The van der Waals surface area contributed by atoms with Crippen LogP contribution in [0.1, 0.15) is 34.3 Å². The summed E-state index contributed by atoms with van der Waals surface area (Å²) >= 11 is 0. The largest absolute Gasteiger partial charge is 0.334 e. The summed E-state index contributed by atoms with van der Waals surface area (Å²) < 4.78 is 0. The zero-order valence-electron chi connectivity index (χ0n) is 14.6. The molecule has 0 N–H and O–H groups in total. The van der Waals surface area contributed by atoms with Crippen molar-refractivity contribution in [3.05, 3.63) is 47.0 Å². The number of rotatable bonds is 2. The second-order valence-corrected chi connectivity index (χ2v) is 7.38. The van der Waals surface area contributed by atoms with E-state index in [0.717, 1.165) is 11.1 Å². The summed E-state index contributed by atoms with van der Waals surface area (Å²) in [4.78, 5) is 41.0. The molecule has 1 aliphatic carbocycles. The van der Waals surface area contributed by atoms with Gasteiger partial charge in [0, 0.05) is 18.7 Å². The molecule has 5 nitrogen and oxygen atoms in total. The maximum Gasteiger partial charge on any atom is 0.254 e. The second-order valence-electron chi connectivity index (χ2n) is 7.38. The Kier molecular flexibility index (Phi) is 3.74. The predicted octanol–water partition coefficient (Wildman–Crippen LogP) is 2.08. The Balaban J connectivity index is 1.44. The van der Waals surface area contributed by atoms with Crippen molar-refractivity contribution in [2.75, 3.05) is 13.1 Å². The smallest absolute Gasteiger partial charge is 0.254 e. The number of likely N-dealkylation sites (tertiary alicyclic amines) is 2. The first-order chi connectivity index (χ1) is 12.0. The highest BCUT2D eigenvalue weighted by molar-refractivity contribution is 6.06. The first kappa shape index (κ1) is 16.1. The Morgan fingerprint density at radius 1 is 1.00 bits per heavy atom. The number of hydrogen-bond donors (Lipinski definition) is 0. The van der Waals surface area contributed by atoms with Crippen molar-refractivity contribution in [3.63, 3.8) is 0 Å². The number of carbonyl (C=O) groups is 3. The molecule has 2 saturated heterocycles. The number of nitrogens with zero attached hydrogens (tertiary/aromatic N) is 2. The number of allylic oxidation sites excluding steroid dienone is 2. The molecule has 3 aliphatic rings. The predicted molar refractivity (Wildman–Crippen MR) is 92.8 cm³/mol. The zero-order chi connectivity index (χ0) is 17.7. The molecule has 25 heavy (non-hydrogen) atoms. The van der Waals surface area contributed by atoms with Gasteiger partial charge in [0.05, 0.1) is 17.9 Å². The highest BCUT2D eigenvalue weighted by Crippen LogP contribution is 2.37. The molecular weight excluding hydrogens is 316 g/mol. The zero-order valence-corrected chi connectivity index (χ0v) is 14.6. The van der Waals surface area contributed by atoms with Crippen LogP contribution in [0.25, 0.3) is 0 Å². The van der Waals surface area contributed by atoms with Gasteiger partial charge in [0.1, 0.15) is 0 Å². The molecule has 0 saturated carbocycles. The van der Waals surface area contributed by atoms with E-state index >= 15 is 0 Å². The third-order valence-corrected chi connectivity index (χ3v) is 5.67. The lowest BCUT2D eigenvalue weighted by molar-refractivity contribution is -0.145. The number of aryl methyl sites for hydroxylation is 2. The number of fused-ring (bicyclic) bond motifs is 1. The monoisotopic (exact) mass is 338 g/mol. The molecule has 3 amide bonds. The quantitative estimate of drug-likeness (QED) is 0.613. The molecule has 2 atom stereocenters. The van der Waals surface area contributed by atoms with Crippen molar-refractivity contribution in [2.24, 2.45) is 11.8 Å². The van der Waals surface area contributed by atoms with E-state index in [1.807, 2.05) is 44.2 Å². The number of benzene rings is 1. The van der Waals surface area contributed by atoms with Crippen molar-refractivity contribution < 1.29 is 14.4 Å². The Bertz CT molecular complexity index is 766. The minimum absolute atomic E-state index is 0.0214. The molecule has 2 fully saturated rings. The third-order valence-electron chi connectivity index (χ3n) is 5.67. The van der Waals surface area contributed by atoms with Crippen LogP contribution in [0.4, 0.5) is 0 Å². The van der Waals surface area contributed by atoms with Gasteiger partial charge in [-0.25, -0.2) is 0 Å². The van der Waals surface area contributed by atoms with Crippen LogP contribution in [0.15, 0.2) is 30.4 Å². The van der Waals surface area contributed by atoms with Gasteiger partial charge in [-0.1, -0.05) is 29.8 Å². The van der Waals surface area contributed by atoms with Gasteiger partial charge in [-0.3, -0.25) is 19.3 Å². The van der Waals surface area contributed by atoms with Crippen LogP contribution in [-0.4, -0.2) is 46.7 Å².